The molecule has 3 heteroatoms. The van der Waals surface area contributed by atoms with Crippen molar-refractivity contribution in [1.29, 1.82) is 5.26 Å². The fraction of sp³-hybridized carbons (Fsp3) is 0.125. The number of pyridine rings is 1. The highest BCUT2D eigenvalue weighted by Crippen LogP contribution is 2.55. The van der Waals surface area contributed by atoms with Gasteiger partial charge in [-0.25, -0.2) is 0 Å². The zero-order valence-corrected chi connectivity index (χ0v) is 29.3. The minimum Gasteiger partial charge on any atom is -0.309 e. The Labute approximate surface area is 300 Å². The van der Waals surface area contributed by atoms with Gasteiger partial charge in [-0.3, -0.25) is 4.98 Å². The van der Waals surface area contributed by atoms with Crippen LogP contribution in [0.5, 0.6) is 0 Å². The van der Waals surface area contributed by atoms with Gasteiger partial charge in [0.15, 0.2) is 0 Å². The van der Waals surface area contributed by atoms with Crippen molar-refractivity contribution in [3.8, 4) is 50.6 Å². The lowest BCUT2D eigenvalue weighted by atomic mass is 9.77. The summed E-state index contributed by atoms with van der Waals surface area (Å²) in [5.41, 5.74) is 18.6. The first-order valence-electron chi connectivity index (χ1n) is 17.6. The van der Waals surface area contributed by atoms with Crippen LogP contribution in [0.3, 0.4) is 0 Å². The topological polar surface area (TPSA) is 39.9 Å². The molecule has 0 fully saturated rings. The van der Waals surface area contributed by atoms with Gasteiger partial charge >= 0.3 is 0 Å². The SMILES string of the molecule is CC1(C)c2ccccc2-c2cccc(-c3cc(-c4cccc5c4C(C)(C)c4ccccc4-5)cc(N(c4ccc(C#N)cc4)c4cccnc4)c3)c21. The summed E-state index contributed by atoms with van der Waals surface area (Å²) < 4.78 is 0. The minimum atomic E-state index is -0.174. The van der Waals surface area contributed by atoms with Crippen molar-refractivity contribution in [2.24, 2.45) is 0 Å². The summed E-state index contributed by atoms with van der Waals surface area (Å²) in [4.78, 5) is 6.79. The van der Waals surface area contributed by atoms with Crippen molar-refractivity contribution in [3.05, 3.63) is 180 Å². The van der Waals surface area contributed by atoms with Gasteiger partial charge in [0.05, 0.1) is 23.5 Å². The lowest BCUT2D eigenvalue weighted by Crippen LogP contribution is -2.17. The van der Waals surface area contributed by atoms with Gasteiger partial charge in [0.1, 0.15) is 0 Å². The van der Waals surface area contributed by atoms with Crippen molar-refractivity contribution < 1.29 is 0 Å². The summed E-state index contributed by atoms with van der Waals surface area (Å²) in [5.74, 6) is 0. The molecule has 0 saturated carbocycles. The molecule has 1 heterocycles. The lowest BCUT2D eigenvalue weighted by Gasteiger charge is -2.29. The van der Waals surface area contributed by atoms with Crippen molar-refractivity contribution in [3.63, 3.8) is 0 Å². The van der Waals surface area contributed by atoms with Gasteiger partial charge in [-0.2, -0.15) is 5.26 Å². The minimum absolute atomic E-state index is 0.174. The Balaban J connectivity index is 1.34. The van der Waals surface area contributed by atoms with Gasteiger partial charge in [-0.15, -0.1) is 0 Å². The quantitative estimate of drug-likeness (QED) is 0.185. The van der Waals surface area contributed by atoms with Crippen molar-refractivity contribution >= 4 is 17.1 Å². The monoisotopic (exact) mass is 655 g/mol. The fourth-order valence-corrected chi connectivity index (χ4v) is 8.85. The number of hydrogen-bond donors (Lipinski definition) is 0. The van der Waals surface area contributed by atoms with E-state index in [1.807, 2.05) is 42.7 Å². The van der Waals surface area contributed by atoms with Crippen LogP contribution in [0.4, 0.5) is 17.1 Å². The molecule has 1 aromatic heterocycles. The highest BCUT2D eigenvalue weighted by Gasteiger charge is 2.39. The Morgan fingerprint density at radius 3 is 1.51 bits per heavy atom. The molecule has 0 bridgehead atoms. The molecule has 0 unspecified atom stereocenters. The van der Waals surface area contributed by atoms with E-state index in [-0.39, 0.29) is 10.8 Å². The molecule has 0 radical (unpaired) electrons. The number of anilines is 3. The number of fused-ring (bicyclic) bond motifs is 6. The summed E-state index contributed by atoms with van der Waals surface area (Å²) in [6.07, 6.45) is 3.72. The van der Waals surface area contributed by atoms with Crippen LogP contribution in [0.15, 0.2) is 152 Å². The predicted molar refractivity (Wildman–Crippen MR) is 210 cm³/mol. The zero-order chi connectivity index (χ0) is 34.9. The maximum Gasteiger partial charge on any atom is 0.0991 e. The van der Waals surface area contributed by atoms with Crippen LogP contribution in [0.1, 0.15) is 55.5 Å². The molecular formula is C48H37N3. The molecule has 0 atom stereocenters. The average molecular weight is 656 g/mol. The Morgan fingerprint density at radius 2 is 1.00 bits per heavy atom. The Hall–Kier alpha value is -6.24. The second kappa shape index (κ2) is 11.4. The van der Waals surface area contributed by atoms with E-state index < -0.39 is 0 Å². The first-order valence-corrected chi connectivity index (χ1v) is 17.6. The summed E-state index contributed by atoms with van der Waals surface area (Å²) in [6, 6.07) is 52.5. The fourth-order valence-electron chi connectivity index (χ4n) is 8.85. The van der Waals surface area contributed by atoms with E-state index in [9.17, 15) is 5.26 Å². The van der Waals surface area contributed by atoms with Gasteiger partial charge in [0.2, 0.25) is 0 Å². The molecule has 2 aliphatic rings. The number of benzene rings is 6. The number of rotatable bonds is 5. The number of aromatic nitrogens is 1. The molecular weight excluding hydrogens is 619 g/mol. The van der Waals surface area contributed by atoms with E-state index in [1.54, 1.807) is 0 Å². The van der Waals surface area contributed by atoms with Gasteiger partial charge in [-0.05, 0) is 121 Å². The predicted octanol–water partition coefficient (Wildman–Crippen LogP) is 12.4. The third kappa shape index (κ3) is 4.68. The molecule has 6 aromatic carbocycles. The largest absolute Gasteiger partial charge is 0.309 e. The third-order valence-corrected chi connectivity index (χ3v) is 11.1. The summed E-state index contributed by atoms with van der Waals surface area (Å²) in [7, 11) is 0. The lowest BCUT2D eigenvalue weighted by molar-refractivity contribution is 0.662. The number of hydrogen-bond acceptors (Lipinski definition) is 3. The van der Waals surface area contributed by atoms with E-state index in [0.29, 0.717) is 5.56 Å². The maximum absolute atomic E-state index is 9.62. The van der Waals surface area contributed by atoms with Gasteiger partial charge in [0.25, 0.3) is 0 Å². The molecule has 0 saturated heterocycles. The van der Waals surface area contributed by atoms with Crippen molar-refractivity contribution in [2.45, 2.75) is 38.5 Å². The second-order valence-electron chi connectivity index (χ2n) is 14.8. The summed E-state index contributed by atoms with van der Waals surface area (Å²) in [5, 5.41) is 9.62. The van der Waals surface area contributed by atoms with Crippen LogP contribution in [0.2, 0.25) is 0 Å². The molecule has 3 nitrogen and oxygen atoms in total. The van der Waals surface area contributed by atoms with E-state index in [4.69, 9.17) is 0 Å². The van der Waals surface area contributed by atoms with Crippen LogP contribution in [-0.4, -0.2) is 4.98 Å². The normalized spacial score (nSPS) is 14.2. The van der Waals surface area contributed by atoms with Crippen molar-refractivity contribution in [2.75, 3.05) is 4.90 Å². The van der Waals surface area contributed by atoms with Crippen molar-refractivity contribution in [1.82, 2.24) is 4.98 Å². The van der Waals surface area contributed by atoms with Crippen LogP contribution < -0.4 is 4.90 Å². The van der Waals surface area contributed by atoms with Crippen LogP contribution in [0.25, 0.3) is 44.5 Å². The molecule has 244 valence electrons. The Morgan fingerprint density at radius 1 is 0.490 bits per heavy atom. The van der Waals surface area contributed by atoms with Gasteiger partial charge < -0.3 is 4.90 Å². The number of nitrogens with zero attached hydrogens (tertiary/aromatic N) is 3. The smallest absolute Gasteiger partial charge is 0.0991 e. The highest BCUT2D eigenvalue weighted by molar-refractivity contribution is 5.94. The average Bonchev–Trinajstić information content (AvgIpc) is 3.55. The molecule has 51 heavy (non-hydrogen) atoms. The van der Waals surface area contributed by atoms with E-state index in [1.165, 1.54) is 55.6 Å². The standard InChI is InChI=1S/C48H37N3/c1-47(2)43-19-7-5-13-39(43)41-17-9-15-37(45(41)47)32-26-33(38-16-10-18-42-40-14-6-8-20-44(40)48(3,4)46(38)42)28-36(27-32)51(35-12-11-25-50-30-35)34-23-21-31(29-49)22-24-34/h5-28,30H,1-4H3. The van der Waals surface area contributed by atoms with E-state index >= 15 is 0 Å². The molecule has 0 amide bonds. The Kier molecular flexibility index (Phi) is 6.89. The first-order chi connectivity index (χ1) is 24.8. The Bertz CT molecular complexity index is 2410. The number of nitriles is 1. The van der Waals surface area contributed by atoms with E-state index in [2.05, 4.69) is 153 Å². The second-order valence-corrected chi connectivity index (χ2v) is 14.8. The van der Waals surface area contributed by atoms with Crippen LogP contribution in [-0.2, 0) is 10.8 Å². The van der Waals surface area contributed by atoms with Gasteiger partial charge in [-0.1, -0.05) is 113 Å². The molecule has 0 aliphatic heterocycles. The third-order valence-electron chi connectivity index (χ3n) is 11.1. The first kappa shape index (κ1) is 30.8. The highest BCUT2D eigenvalue weighted by atomic mass is 15.1. The molecule has 0 spiro atoms. The molecule has 9 rings (SSSR count). The maximum atomic E-state index is 9.62. The van der Waals surface area contributed by atoms with Gasteiger partial charge in [0, 0.05) is 28.4 Å². The van der Waals surface area contributed by atoms with E-state index in [0.717, 1.165) is 28.2 Å². The molecule has 2 aliphatic carbocycles. The zero-order valence-electron chi connectivity index (χ0n) is 29.3. The van der Waals surface area contributed by atoms with Crippen LogP contribution >= 0.6 is 0 Å². The molecule has 7 aromatic rings. The molecule has 0 N–H and O–H groups in total. The van der Waals surface area contributed by atoms with Crippen LogP contribution in [0, 0.1) is 11.3 Å². The summed E-state index contributed by atoms with van der Waals surface area (Å²) in [6.45, 7) is 9.42. The summed E-state index contributed by atoms with van der Waals surface area (Å²) >= 11 is 0.